The minimum absolute atomic E-state index is 0.0863. The molecule has 3 N–H and O–H groups in total. The fraction of sp³-hybridized carbons (Fsp3) is 0.125. The second-order valence-electron chi connectivity index (χ2n) is 7.72. The molecule has 2 heterocycles. The predicted octanol–water partition coefficient (Wildman–Crippen LogP) is 5.07. The highest BCUT2D eigenvalue weighted by molar-refractivity contribution is 7.92. The first-order valence-electron chi connectivity index (χ1n) is 10.6. The van der Waals surface area contributed by atoms with Crippen LogP contribution in [0.4, 0.5) is 17.2 Å². The largest absolute Gasteiger partial charge is 0.339 e. The maximum absolute atomic E-state index is 12.2. The van der Waals surface area contributed by atoms with E-state index in [1.54, 1.807) is 12.3 Å². The minimum Gasteiger partial charge on any atom is -0.339 e. The van der Waals surface area contributed by atoms with Crippen LogP contribution in [0, 0.1) is 0 Å². The first-order chi connectivity index (χ1) is 16.0. The lowest BCUT2D eigenvalue weighted by molar-refractivity contribution is 0.600. The maximum atomic E-state index is 12.2. The van der Waals surface area contributed by atoms with E-state index in [4.69, 9.17) is 0 Å². The fourth-order valence-corrected chi connectivity index (χ4v) is 4.93. The molecule has 9 heteroatoms. The van der Waals surface area contributed by atoms with E-state index >= 15 is 0 Å². The van der Waals surface area contributed by atoms with Crippen molar-refractivity contribution in [3.8, 4) is 11.1 Å². The number of benzene rings is 3. The summed E-state index contributed by atoms with van der Waals surface area (Å²) in [5.41, 5.74) is 4.98. The lowest BCUT2D eigenvalue weighted by Gasteiger charge is -2.12. The van der Waals surface area contributed by atoms with Crippen LogP contribution in [-0.4, -0.2) is 34.3 Å². The smallest absolute Gasteiger partial charge is 0.232 e. The number of sulfonamides is 1. The molecule has 0 spiro atoms. The Kier molecular flexibility index (Phi) is 5.39. The van der Waals surface area contributed by atoms with Crippen molar-refractivity contribution >= 4 is 49.0 Å². The number of aromatic amines is 1. The molecule has 5 aromatic rings. The summed E-state index contributed by atoms with van der Waals surface area (Å²) < 4.78 is 27.0. The molecule has 0 aliphatic heterocycles. The van der Waals surface area contributed by atoms with E-state index in [2.05, 4.69) is 30.2 Å². The van der Waals surface area contributed by atoms with E-state index in [9.17, 15) is 8.42 Å². The van der Waals surface area contributed by atoms with Gasteiger partial charge in [-0.3, -0.25) is 9.82 Å². The van der Waals surface area contributed by atoms with Crippen molar-refractivity contribution in [3.63, 3.8) is 0 Å². The van der Waals surface area contributed by atoms with Crippen molar-refractivity contribution < 1.29 is 8.42 Å². The molecule has 2 aromatic heterocycles. The third-order valence-corrected chi connectivity index (χ3v) is 6.81. The van der Waals surface area contributed by atoms with Gasteiger partial charge < -0.3 is 5.32 Å². The first-order valence-corrected chi connectivity index (χ1v) is 12.2. The highest BCUT2D eigenvalue weighted by atomic mass is 32.2. The minimum atomic E-state index is -3.36. The standard InChI is InChI=1S/C24H22N6O2S/c1-2-11-33(31,32)30-18-6-3-5-16(12-18)17-9-10-21-19(13-17)24(26-15-25-21)28-22-7-4-8-23-20(22)14-27-29-23/h3-10,12-15,30H,2,11H2,1H3,(H,27,29)(H,25,26,28). The average Bonchev–Trinajstić information content (AvgIpc) is 3.29. The molecule has 0 saturated heterocycles. The number of rotatable bonds is 7. The van der Waals surface area contributed by atoms with Crippen LogP contribution in [0.15, 0.2) is 73.2 Å². The maximum Gasteiger partial charge on any atom is 0.232 e. The SMILES string of the molecule is CCCS(=O)(=O)Nc1cccc(-c2ccc3ncnc(Nc4cccc5[nH]ncc45)c3c2)c1. The zero-order valence-electron chi connectivity index (χ0n) is 17.9. The van der Waals surface area contributed by atoms with E-state index in [0.717, 1.165) is 38.6 Å². The zero-order chi connectivity index (χ0) is 22.8. The van der Waals surface area contributed by atoms with E-state index in [1.165, 1.54) is 6.33 Å². The molecule has 3 aromatic carbocycles. The molecule has 0 fully saturated rings. The lowest BCUT2D eigenvalue weighted by Crippen LogP contribution is -2.15. The Bertz CT molecular complexity index is 1560. The summed E-state index contributed by atoms with van der Waals surface area (Å²) in [5, 5.41) is 12.3. The van der Waals surface area contributed by atoms with Crippen LogP contribution in [0.25, 0.3) is 32.9 Å². The van der Waals surface area contributed by atoms with Crippen molar-refractivity contribution in [2.45, 2.75) is 13.3 Å². The summed E-state index contributed by atoms with van der Waals surface area (Å²) in [6, 6.07) is 19.2. The number of H-pyrrole nitrogens is 1. The second kappa shape index (κ2) is 8.51. The summed E-state index contributed by atoms with van der Waals surface area (Å²) in [7, 11) is -3.36. The van der Waals surface area contributed by atoms with Gasteiger partial charge in [-0.15, -0.1) is 0 Å². The molecule has 0 amide bonds. The third kappa shape index (κ3) is 4.35. The van der Waals surface area contributed by atoms with Gasteiger partial charge in [-0.25, -0.2) is 18.4 Å². The molecule has 166 valence electrons. The van der Waals surface area contributed by atoms with Crippen LogP contribution in [0.5, 0.6) is 0 Å². The molecule has 8 nitrogen and oxygen atoms in total. The highest BCUT2D eigenvalue weighted by Gasteiger charge is 2.11. The van der Waals surface area contributed by atoms with E-state index in [-0.39, 0.29) is 5.75 Å². The molecule has 0 bridgehead atoms. The predicted molar refractivity (Wildman–Crippen MR) is 132 cm³/mol. The quantitative estimate of drug-likeness (QED) is 0.314. The molecular weight excluding hydrogens is 436 g/mol. The van der Waals surface area contributed by atoms with Gasteiger partial charge in [0.15, 0.2) is 0 Å². The van der Waals surface area contributed by atoms with Crippen molar-refractivity contribution in [3.05, 3.63) is 73.2 Å². The third-order valence-electron chi connectivity index (χ3n) is 5.32. The van der Waals surface area contributed by atoms with Gasteiger partial charge in [-0.1, -0.05) is 31.2 Å². The molecule has 0 aliphatic rings. The van der Waals surface area contributed by atoms with Crippen molar-refractivity contribution in [1.29, 1.82) is 0 Å². The summed E-state index contributed by atoms with van der Waals surface area (Å²) in [4.78, 5) is 8.87. The van der Waals surface area contributed by atoms with Crippen LogP contribution >= 0.6 is 0 Å². The van der Waals surface area contributed by atoms with Crippen molar-refractivity contribution in [2.75, 3.05) is 15.8 Å². The molecule has 0 radical (unpaired) electrons. The second-order valence-corrected chi connectivity index (χ2v) is 9.56. The summed E-state index contributed by atoms with van der Waals surface area (Å²) in [6.45, 7) is 1.84. The Hall–Kier alpha value is -3.98. The van der Waals surface area contributed by atoms with E-state index in [0.29, 0.717) is 17.9 Å². The van der Waals surface area contributed by atoms with Crippen molar-refractivity contribution in [1.82, 2.24) is 20.2 Å². The van der Waals surface area contributed by atoms with Gasteiger partial charge in [-0.2, -0.15) is 5.10 Å². The Morgan fingerprint density at radius 1 is 0.939 bits per heavy atom. The highest BCUT2D eigenvalue weighted by Crippen LogP contribution is 2.31. The van der Waals surface area contributed by atoms with Crippen LogP contribution in [0.2, 0.25) is 0 Å². The number of fused-ring (bicyclic) bond motifs is 2. The topological polar surface area (TPSA) is 113 Å². The van der Waals surface area contributed by atoms with Crippen LogP contribution in [0.3, 0.4) is 0 Å². The number of hydrogen-bond donors (Lipinski definition) is 3. The Balaban J connectivity index is 1.53. The van der Waals surface area contributed by atoms with Crippen LogP contribution in [0.1, 0.15) is 13.3 Å². The van der Waals surface area contributed by atoms with Gasteiger partial charge in [0.2, 0.25) is 10.0 Å². The Morgan fingerprint density at radius 3 is 2.67 bits per heavy atom. The van der Waals surface area contributed by atoms with Crippen LogP contribution < -0.4 is 10.0 Å². The molecule has 0 saturated carbocycles. The fourth-order valence-electron chi connectivity index (χ4n) is 3.80. The van der Waals surface area contributed by atoms with Crippen LogP contribution in [-0.2, 0) is 10.0 Å². The van der Waals surface area contributed by atoms with Gasteiger partial charge in [0.1, 0.15) is 12.1 Å². The van der Waals surface area contributed by atoms with Gasteiger partial charge >= 0.3 is 0 Å². The summed E-state index contributed by atoms with van der Waals surface area (Å²) in [5.74, 6) is 0.763. The van der Waals surface area contributed by atoms with Gasteiger partial charge in [0, 0.05) is 16.5 Å². The van der Waals surface area contributed by atoms with E-state index in [1.807, 2.05) is 61.5 Å². The Morgan fingerprint density at radius 2 is 1.79 bits per heavy atom. The summed E-state index contributed by atoms with van der Waals surface area (Å²) >= 11 is 0. The number of hydrogen-bond acceptors (Lipinski definition) is 6. The molecular formula is C24H22N6O2S. The molecule has 33 heavy (non-hydrogen) atoms. The monoisotopic (exact) mass is 458 g/mol. The lowest BCUT2D eigenvalue weighted by atomic mass is 10.0. The molecule has 0 atom stereocenters. The summed E-state index contributed by atoms with van der Waals surface area (Å²) in [6.07, 6.45) is 3.86. The number of anilines is 3. The average molecular weight is 459 g/mol. The van der Waals surface area contributed by atoms with Gasteiger partial charge in [0.25, 0.3) is 0 Å². The zero-order valence-corrected chi connectivity index (χ0v) is 18.7. The molecule has 0 unspecified atom stereocenters. The number of nitrogens with one attached hydrogen (secondary N) is 3. The molecule has 5 rings (SSSR count). The van der Waals surface area contributed by atoms with Gasteiger partial charge in [0.05, 0.1) is 28.7 Å². The number of nitrogens with zero attached hydrogens (tertiary/aromatic N) is 3. The normalized spacial score (nSPS) is 11.7. The van der Waals surface area contributed by atoms with E-state index < -0.39 is 10.0 Å². The van der Waals surface area contributed by atoms with Crippen molar-refractivity contribution in [2.24, 2.45) is 0 Å². The Labute approximate surface area is 191 Å². The van der Waals surface area contributed by atoms with Gasteiger partial charge in [-0.05, 0) is 53.9 Å². The first kappa shape index (κ1) is 20.9. The molecule has 0 aliphatic carbocycles. The number of aromatic nitrogens is 4.